The van der Waals surface area contributed by atoms with Gasteiger partial charge in [0.2, 0.25) is 5.95 Å². The van der Waals surface area contributed by atoms with Crippen LogP contribution in [0.15, 0.2) is 54.7 Å². The third-order valence-electron chi connectivity index (χ3n) is 5.07. The smallest absolute Gasteiger partial charge is 0.322 e. The molecule has 2 heterocycles. The normalized spacial score (nSPS) is 16.1. The number of nitrogens with two attached hydrogens (primary N) is 1. The minimum Gasteiger partial charge on any atom is -0.461 e. The van der Waals surface area contributed by atoms with Crippen LogP contribution in [0.2, 0.25) is 0 Å². The van der Waals surface area contributed by atoms with Crippen molar-refractivity contribution in [1.29, 1.82) is 0 Å². The number of nitrogens with zero attached hydrogens (tertiary/aromatic N) is 3. The van der Waals surface area contributed by atoms with Crippen LogP contribution in [-0.4, -0.2) is 41.2 Å². The Labute approximate surface area is 164 Å². The van der Waals surface area contributed by atoms with Crippen molar-refractivity contribution in [2.45, 2.75) is 31.9 Å². The Bertz CT molecular complexity index is 981. The van der Waals surface area contributed by atoms with Crippen molar-refractivity contribution < 1.29 is 9.53 Å². The molecule has 0 aliphatic carbocycles. The van der Waals surface area contributed by atoms with Crippen LogP contribution in [0.4, 0.5) is 5.95 Å². The average Bonchev–Trinajstić information content (AvgIpc) is 2.74. The summed E-state index contributed by atoms with van der Waals surface area (Å²) in [6.45, 7) is 3.14. The summed E-state index contributed by atoms with van der Waals surface area (Å²) in [5.74, 6) is 0.371. The standard InChI is InChI=1S/C22H24N4O2/c1-15(23)21(27)28-19-9-12-26(13-10-19)22-24-11-8-20(25-22)18-7-6-16-4-2-3-5-17(16)14-18/h2-8,11,14-15,19H,9-10,12-13,23H2,1H3. The molecular weight excluding hydrogens is 352 g/mol. The molecule has 1 aliphatic heterocycles. The molecule has 1 fully saturated rings. The second-order valence-electron chi connectivity index (χ2n) is 7.22. The summed E-state index contributed by atoms with van der Waals surface area (Å²) >= 11 is 0. The van der Waals surface area contributed by atoms with Gasteiger partial charge in [0.15, 0.2) is 0 Å². The number of ether oxygens (including phenoxy) is 1. The molecule has 1 aliphatic rings. The van der Waals surface area contributed by atoms with E-state index in [1.165, 1.54) is 10.8 Å². The van der Waals surface area contributed by atoms with Crippen LogP contribution >= 0.6 is 0 Å². The average molecular weight is 376 g/mol. The van der Waals surface area contributed by atoms with E-state index in [2.05, 4.69) is 40.2 Å². The van der Waals surface area contributed by atoms with Crippen LogP contribution in [-0.2, 0) is 9.53 Å². The second-order valence-corrected chi connectivity index (χ2v) is 7.22. The highest BCUT2D eigenvalue weighted by atomic mass is 16.5. The van der Waals surface area contributed by atoms with Crippen LogP contribution in [0.1, 0.15) is 19.8 Å². The fourth-order valence-electron chi connectivity index (χ4n) is 3.46. The van der Waals surface area contributed by atoms with Crippen LogP contribution < -0.4 is 10.6 Å². The first-order chi connectivity index (χ1) is 13.6. The van der Waals surface area contributed by atoms with Gasteiger partial charge in [-0.05, 0) is 29.8 Å². The van der Waals surface area contributed by atoms with E-state index in [1.54, 1.807) is 13.1 Å². The number of carbonyl (C=O) groups is 1. The highest BCUT2D eigenvalue weighted by molar-refractivity contribution is 5.86. The van der Waals surface area contributed by atoms with Crippen LogP contribution in [0.5, 0.6) is 0 Å². The lowest BCUT2D eigenvalue weighted by Gasteiger charge is -2.32. The molecule has 4 rings (SSSR count). The first-order valence-electron chi connectivity index (χ1n) is 9.63. The van der Waals surface area contributed by atoms with Gasteiger partial charge in [0, 0.05) is 37.7 Å². The van der Waals surface area contributed by atoms with E-state index in [0.717, 1.165) is 37.2 Å². The van der Waals surface area contributed by atoms with Gasteiger partial charge in [0.05, 0.1) is 5.69 Å². The van der Waals surface area contributed by atoms with Crippen molar-refractivity contribution in [2.75, 3.05) is 18.0 Å². The fourth-order valence-corrected chi connectivity index (χ4v) is 3.46. The fraction of sp³-hybridized carbons (Fsp3) is 0.318. The molecule has 1 unspecified atom stereocenters. The second kappa shape index (κ2) is 7.94. The molecule has 0 bridgehead atoms. The number of benzene rings is 2. The van der Waals surface area contributed by atoms with Crippen molar-refractivity contribution in [3.8, 4) is 11.3 Å². The van der Waals surface area contributed by atoms with Crippen molar-refractivity contribution in [3.63, 3.8) is 0 Å². The molecule has 1 atom stereocenters. The zero-order valence-electron chi connectivity index (χ0n) is 15.9. The maximum absolute atomic E-state index is 11.7. The third-order valence-corrected chi connectivity index (χ3v) is 5.07. The molecule has 6 heteroatoms. The van der Waals surface area contributed by atoms with Gasteiger partial charge in [-0.1, -0.05) is 36.4 Å². The predicted molar refractivity (Wildman–Crippen MR) is 110 cm³/mol. The van der Waals surface area contributed by atoms with E-state index < -0.39 is 6.04 Å². The summed E-state index contributed by atoms with van der Waals surface area (Å²) in [4.78, 5) is 23.0. The summed E-state index contributed by atoms with van der Waals surface area (Å²) in [6, 6.07) is 16.0. The largest absolute Gasteiger partial charge is 0.461 e. The maximum Gasteiger partial charge on any atom is 0.322 e. The van der Waals surface area contributed by atoms with Gasteiger partial charge in [0.1, 0.15) is 12.1 Å². The van der Waals surface area contributed by atoms with Gasteiger partial charge in [-0.3, -0.25) is 4.79 Å². The van der Waals surface area contributed by atoms with Crippen molar-refractivity contribution in [3.05, 3.63) is 54.7 Å². The Morgan fingerprint density at radius 2 is 1.89 bits per heavy atom. The van der Waals surface area contributed by atoms with Gasteiger partial charge in [-0.15, -0.1) is 0 Å². The number of piperidine rings is 1. The Morgan fingerprint density at radius 1 is 1.14 bits per heavy atom. The van der Waals surface area contributed by atoms with Gasteiger partial charge in [-0.2, -0.15) is 0 Å². The lowest BCUT2D eigenvalue weighted by atomic mass is 10.1. The van der Waals surface area contributed by atoms with E-state index in [9.17, 15) is 4.79 Å². The first kappa shape index (κ1) is 18.4. The molecule has 28 heavy (non-hydrogen) atoms. The van der Waals surface area contributed by atoms with Gasteiger partial charge < -0.3 is 15.4 Å². The predicted octanol–water partition coefficient (Wildman–Crippen LogP) is 3.16. The summed E-state index contributed by atoms with van der Waals surface area (Å²) in [5.41, 5.74) is 7.55. The summed E-state index contributed by atoms with van der Waals surface area (Å²) in [5, 5.41) is 2.40. The molecular formula is C22H24N4O2. The molecule has 0 radical (unpaired) electrons. The Hall–Kier alpha value is -2.99. The molecule has 2 N–H and O–H groups in total. The summed E-state index contributed by atoms with van der Waals surface area (Å²) in [6.07, 6.45) is 3.22. The molecule has 1 aromatic heterocycles. The lowest BCUT2D eigenvalue weighted by molar-refractivity contribution is -0.151. The summed E-state index contributed by atoms with van der Waals surface area (Å²) in [7, 11) is 0. The number of aromatic nitrogens is 2. The van der Waals surface area contributed by atoms with Crippen molar-refractivity contribution in [2.24, 2.45) is 5.73 Å². The highest BCUT2D eigenvalue weighted by Crippen LogP contribution is 2.25. The topological polar surface area (TPSA) is 81.3 Å². The zero-order valence-corrected chi connectivity index (χ0v) is 15.9. The van der Waals surface area contributed by atoms with Gasteiger partial charge in [0.25, 0.3) is 0 Å². The van der Waals surface area contributed by atoms with Crippen molar-refractivity contribution in [1.82, 2.24) is 9.97 Å². The number of hydrogen-bond acceptors (Lipinski definition) is 6. The van der Waals surface area contributed by atoms with Crippen molar-refractivity contribution >= 4 is 22.7 Å². The van der Waals surface area contributed by atoms with E-state index in [1.807, 2.05) is 18.2 Å². The first-order valence-corrected chi connectivity index (χ1v) is 9.63. The van der Waals surface area contributed by atoms with E-state index in [4.69, 9.17) is 15.5 Å². The number of anilines is 1. The molecule has 6 nitrogen and oxygen atoms in total. The quantitative estimate of drug-likeness (QED) is 0.705. The molecule has 0 saturated carbocycles. The minimum absolute atomic E-state index is 0.0848. The Balaban J connectivity index is 1.47. The van der Waals surface area contributed by atoms with Crippen LogP contribution in [0, 0.1) is 0 Å². The maximum atomic E-state index is 11.7. The van der Waals surface area contributed by atoms with Crippen LogP contribution in [0.3, 0.4) is 0 Å². The number of esters is 1. The lowest BCUT2D eigenvalue weighted by Crippen LogP contribution is -2.41. The molecule has 144 valence electrons. The zero-order chi connectivity index (χ0) is 19.5. The monoisotopic (exact) mass is 376 g/mol. The van der Waals surface area contributed by atoms with E-state index in [-0.39, 0.29) is 12.1 Å². The molecule has 2 aromatic carbocycles. The molecule has 0 amide bonds. The van der Waals surface area contributed by atoms with Gasteiger partial charge in [-0.25, -0.2) is 9.97 Å². The molecule has 0 spiro atoms. The number of carbonyl (C=O) groups excluding carboxylic acids is 1. The number of hydrogen-bond donors (Lipinski definition) is 1. The van der Waals surface area contributed by atoms with Gasteiger partial charge >= 0.3 is 5.97 Å². The molecule has 3 aromatic rings. The number of fused-ring (bicyclic) bond motifs is 1. The summed E-state index contributed by atoms with van der Waals surface area (Å²) < 4.78 is 5.44. The van der Waals surface area contributed by atoms with E-state index >= 15 is 0 Å². The Morgan fingerprint density at radius 3 is 2.64 bits per heavy atom. The number of rotatable bonds is 4. The van der Waals surface area contributed by atoms with Crippen LogP contribution in [0.25, 0.3) is 22.0 Å². The van der Waals surface area contributed by atoms with E-state index in [0.29, 0.717) is 5.95 Å². The highest BCUT2D eigenvalue weighted by Gasteiger charge is 2.25. The SMILES string of the molecule is CC(N)C(=O)OC1CCN(c2nccc(-c3ccc4ccccc4c3)n2)CC1. The Kier molecular flexibility index (Phi) is 5.21. The minimum atomic E-state index is -0.583. The third kappa shape index (κ3) is 3.97. The molecule has 1 saturated heterocycles.